The smallest absolute Gasteiger partial charge is 0.252 e. The SMILES string of the molecule is CCCCC[C@]1(CC)NC(=O)[C@H]1OCc1ccccc1. The van der Waals surface area contributed by atoms with Gasteiger partial charge in [-0.15, -0.1) is 0 Å². The van der Waals surface area contributed by atoms with Gasteiger partial charge in [-0.25, -0.2) is 0 Å². The summed E-state index contributed by atoms with van der Waals surface area (Å²) in [5, 5.41) is 3.09. The molecule has 3 nitrogen and oxygen atoms in total. The van der Waals surface area contributed by atoms with Gasteiger partial charge in [-0.3, -0.25) is 4.79 Å². The Morgan fingerprint density at radius 2 is 1.95 bits per heavy atom. The molecular formula is C17H25NO2. The number of β-lactam (4-membered cyclic amide) rings is 1. The van der Waals surface area contributed by atoms with E-state index in [0.717, 1.165) is 24.8 Å². The Morgan fingerprint density at radius 1 is 1.20 bits per heavy atom. The van der Waals surface area contributed by atoms with Crippen molar-refractivity contribution in [3.05, 3.63) is 35.9 Å². The second kappa shape index (κ2) is 6.89. The third-order valence-corrected chi connectivity index (χ3v) is 4.23. The predicted molar refractivity (Wildman–Crippen MR) is 80.3 cm³/mol. The number of carbonyl (C=O) groups excluding carboxylic acids is 1. The van der Waals surface area contributed by atoms with E-state index in [-0.39, 0.29) is 17.6 Å². The van der Waals surface area contributed by atoms with Crippen molar-refractivity contribution < 1.29 is 9.53 Å². The lowest BCUT2D eigenvalue weighted by Gasteiger charge is -2.48. The van der Waals surface area contributed by atoms with Crippen molar-refractivity contribution in [1.82, 2.24) is 5.32 Å². The summed E-state index contributed by atoms with van der Waals surface area (Å²) in [6.07, 6.45) is 5.22. The van der Waals surface area contributed by atoms with Gasteiger partial charge in [0.05, 0.1) is 12.1 Å². The summed E-state index contributed by atoms with van der Waals surface area (Å²) < 4.78 is 5.90. The molecule has 2 atom stereocenters. The molecule has 1 aliphatic heterocycles. The van der Waals surface area contributed by atoms with Gasteiger partial charge in [0.1, 0.15) is 0 Å². The molecule has 1 aliphatic rings. The van der Waals surface area contributed by atoms with Crippen LogP contribution in [0.25, 0.3) is 0 Å². The Morgan fingerprint density at radius 3 is 2.55 bits per heavy atom. The summed E-state index contributed by atoms with van der Waals surface area (Å²) in [5.41, 5.74) is 0.979. The molecule has 1 saturated heterocycles. The number of hydrogen-bond acceptors (Lipinski definition) is 2. The molecule has 3 heteroatoms. The van der Waals surface area contributed by atoms with Gasteiger partial charge in [0, 0.05) is 0 Å². The molecule has 0 bridgehead atoms. The Bertz CT molecular complexity index is 432. The minimum absolute atomic E-state index is 0.0410. The highest BCUT2D eigenvalue weighted by Crippen LogP contribution is 2.33. The molecule has 0 unspecified atom stereocenters. The molecule has 1 N–H and O–H groups in total. The molecule has 0 radical (unpaired) electrons. The van der Waals surface area contributed by atoms with Gasteiger partial charge in [0.2, 0.25) is 0 Å². The van der Waals surface area contributed by atoms with Crippen LogP contribution in [0.15, 0.2) is 30.3 Å². The predicted octanol–water partition coefficient (Wildman–Crippen LogP) is 3.43. The second-order valence-electron chi connectivity index (χ2n) is 5.63. The summed E-state index contributed by atoms with van der Waals surface area (Å²) >= 11 is 0. The molecule has 1 aromatic rings. The van der Waals surface area contributed by atoms with E-state index in [1.165, 1.54) is 12.8 Å². The number of hydrogen-bond donors (Lipinski definition) is 1. The van der Waals surface area contributed by atoms with Crippen LogP contribution in [0.1, 0.15) is 51.5 Å². The van der Waals surface area contributed by atoms with E-state index in [0.29, 0.717) is 6.61 Å². The molecule has 0 aromatic heterocycles. The normalized spacial score (nSPS) is 25.1. The lowest BCUT2D eigenvalue weighted by Crippen LogP contribution is -2.73. The zero-order valence-corrected chi connectivity index (χ0v) is 12.5. The molecule has 110 valence electrons. The largest absolute Gasteiger partial charge is 0.361 e. The van der Waals surface area contributed by atoms with Gasteiger partial charge in [0.15, 0.2) is 6.10 Å². The third kappa shape index (κ3) is 3.21. The first-order valence-corrected chi connectivity index (χ1v) is 7.69. The number of rotatable bonds is 8. The number of benzene rings is 1. The lowest BCUT2D eigenvalue weighted by molar-refractivity contribution is -0.162. The van der Waals surface area contributed by atoms with Crippen molar-refractivity contribution in [3.8, 4) is 0 Å². The monoisotopic (exact) mass is 275 g/mol. The van der Waals surface area contributed by atoms with E-state index in [9.17, 15) is 4.79 Å². The zero-order chi connectivity index (χ0) is 14.4. The van der Waals surface area contributed by atoms with Crippen LogP contribution in [0.5, 0.6) is 0 Å². The summed E-state index contributed by atoms with van der Waals surface area (Å²) in [4.78, 5) is 11.8. The molecule has 1 fully saturated rings. The Labute approximate surface area is 121 Å². The van der Waals surface area contributed by atoms with E-state index in [1.807, 2.05) is 30.3 Å². The fourth-order valence-electron chi connectivity index (χ4n) is 2.87. The molecule has 1 amide bonds. The first-order valence-electron chi connectivity index (χ1n) is 7.69. The molecule has 0 aliphatic carbocycles. The van der Waals surface area contributed by atoms with Crippen LogP contribution in [-0.4, -0.2) is 17.6 Å². The fraction of sp³-hybridized carbons (Fsp3) is 0.588. The zero-order valence-electron chi connectivity index (χ0n) is 12.5. The van der Waals surface area contributed by atoms with E-state index in [4.69, 9.17) is 4.74 Å². The minimum Gasteiger partial charge on any atom is -0.361 e. The van der Waals surface area contributed by atoms with Gasteiger partial charge >= 0.3 is 0 Å². The molecular weight excluding hydrogens is 250 g/mol. The van der Waals surface area contributed by atoms with E-state index in [1.54, 1.807) is 0 Å². The number of carbonyl (C=O) groups is 1. The van der Waals surface area contributed by atoms with Crippen molar-refractivity contribution in [2.75, 3.05) is 0 Å². The van der Waals surface area contributed by atoms with Crippen LogP contribution in [0.2, 0.25) is 0 Å². The second-order valence-corrected chi connectivity index (χ2v) is 5.63. The quantitative estimate of drug-likeness (QED) is 0.583. The molecule has 0 spiro atoms. The topological polar surface area (TPSA) is 38.3 Å². The third-order valence-electron chi connectivity index (χ3n) is 4.23. The summed E-state index contributed by atoms with van der Waals surface area (Å²) in [7, 11) is 0. The maximum Gasteiger partial charge on any atom is 0.252 e. The molecule has 20 heavy (non-hydrogen) atoms. The van der Waals surface area contributed by atoms with E-state index >= 15 is 0 Å². The van der Waals surface area contributed by atoms with Crippen molar-refractivity contribution in [2.24, 2.45) is 0 Å². The minimum atomic E-state index is -0.287. The van der Waals surface area contributed by atoms with Crippen LogP contribution in [0, 0.1) is 0 Å². The summed E-state index contributed by atoms with van der Waals surface area (Å²) in [5.74, 6) is 0.0410. The van der Waals surface area contributed by atoms with Crippen molar-refractivity contribution in [2.45, 2.75) is 64.2 Å². The Hall–Kier alpha value is -1.35. The number of unbranched alkanes of at least 4 members (excludes halogenated alkanes) is 2. The Balaban J connectivity index is 1.92. The van der Waals surface area contributed by atoms with Crippen LogP contribution in [0.4, 0.5) is 0 Å². The maximum atomic E-state index is 11.8. The van der Waals surface area contributed by atoms with E-state index in [2.05, 4.69) is 19.2 Å². The Kier molecular flexibility index (Phi) is 5.18. The van der Waals surface area contributed by atoms with Crippen LogP contribution in [0.3, 0.4) is 0 Å². The highest BCUT2D eigenvalue weighted by molar-refractivity contribution is 5.90. The summed E-state index contributed by atoms with van der Waals surface area (Å²) in [6.45, 7) is 4.83. The average Bonchev–Trinajstić information content (AvgIpc) is 2.47. The van der Waals surface area contributed by atoms with Gasteiger partial charge in [-0.2, -0.15) is 0 Å². The molecule has 2 rings (SSSR count). The first kappa shape index (κ1) is 15.0. The van der Waals surface area contributed by atoms with Gasteiger partial charge in [0.25, 0.3) is 5.91 Å². The lowest BCUT2D eigenvalue weighted by atomic mass is 9.77. The van der Waals surface area contributed by atoms with Crippen LogP contribution < -0.4 is 5.32 Å². The highest BCUT2D eigenvalue weighted by Gasteiger charge is 2.52. The standard InChI is InChI=1S/C17H25NO2/c1-3-5-9-12-17(4-2)15(16(19)18-17)20-13-14-10-7-6-8-11-14/h6-8,10-11,15H,3-5,9,12-13H2,1-2H3,(H,18,19)/t15-,17+/m1/s1. The average molecular weight is 275 g/mol. The molecule has 0 saturated carbocycles. The van der Waals surface area contributed by atoms with Crippen molar-refractivity contribution in [1.29, 1.82) is 0 Å². The van der Waals surface area contributed by atoms with Crippen molar-refractivity contribution >= 4 is 5.91 Å². The van der Waals surface area contributed by atoms with Gasteiger partial charge < -0.3 is 10.1 Å². The first-order chi connectivity index (χ1) is 9.72. The summed E-state index contributed by atoms with van der Waals surface area (Å²) in [6, 6.07) is 10.0. The number of ether oxygens (including phenoxy) is 1. The molecule has 1 heterocycles. The maximum absolute atomic E-state index is 11.8. The molecule has 1 aromatic carbocycles. The van der Waals surface area contributed by atoms with Crippen molar-refractivity contribution in [3.63, 3.8) is 0 Å². The fourth-order valence-corrected chi connectivity index (χ4v) is 2.87. The number of nitrogens with one attached hydrogen (secondary N) is 1. The highest BCUT2D eigenvalue weighted by atomic mass is 16.5. The van der Waals surface area contributed by atoms with Gasteiger partial charge in [-0.05, 0) is 18.4 Å². The van der Waals surface area contributed by atoms with Gasteiger partial charge in [-0.1, -0.05) is 63.4 Å². The van der Waals surface area contributed by atoms with Crippen LogP contribution >= 0.6 is 0 Å². The number of amides is 1. The van der Waals surface area contributed by atoms with Crippen LogP contribution in [-0.2, 0) is 16.1 Å². The van der Waals surface area contributed by atoms with E-state index < -0.39 is 0 Å².